The molecular weight excluding hydrogens is 301 g/mol. The summed E-state index contributed by atoms with van der Waals surface area (Å²) in [6.45, 7) is 1.84. The van der Waals surface area contributed by atoms with Crippen molar-refractivity contribution in [3.8, 4) is 0 Å². The van der Waals surface area contributed by atoms with Crippen LogP contribution in [0.4, 0.5) is 5.69 Å². The standard InChI is InChI=1S/C13H16ClN3O2.ClH/c14-11-2-1-9(6-10(11)13(15)19)17-12(18)5-8-3-4-16-7-8;/h1-2,6,8,16H,3-5,7H2,(H2,15,19)(H,17,18);1H. The zero-order chi connectivity index (χ0) is 13.8. The summed E-state index contributed by atoms with van der Waals surface area (Å²) in [5, 5.41) is 6.26. The van der Waals surface area contributed by atoms with Crippen LogP contribution < -0.4 is 16.4 Å². The van der Waals surface area contributed by atoms with Crippen LogP contribution in [0.15, 0.2) is 18.2 Å². The maximum atomic E-state index is 11.8. The highest BCUT2D eigenvalue weighted by Crippen LogP contribution is 2.21. The molecule has 0 spiro atoms. The summed E-state index contributed by atoms with van der Waals surface area (Å²) < 4.78 is 0. The second-order valence-corrected chi connectivity index (χ2v) is 5.08. The van der Waals surface area contributed by atoms with Crippen LogP contribution in [0.2, 0.25) is 5.02 Å². The average Bonchev–Trinajstić information content (AvgIpc) is 2.84. The van der Waals surface area contributed by atoms with Crippen molar-refractivity contribution < 1.29 is 9.59 Å². The van der Waals surface area contributed by atoms with Crippen molar-refractivity contribution in [2.75, 3.05) is 18.4 Å². The third-order valence-electron chi connectivity index (χ3n) is 3.15. The zero-order valence-corrected chi connectivity index (χ0v) is 12.4. The van der Waals surface area contributed by atoms with E-state index in [0.717, 1.165) is 19.5 Å². The van der Waals surface area contributed by atoms with E-state index in [2.05, 4.69) is 10.6 Å². The lowest BCUT2D eigenvalue weighted by atomic mass is 10.0. The highest BCUT2D eigenvalue weighted by atomic mass is 35.5. The molecule has 1 heterocycles. The van der Waals surface area contributed by atoms with Crippen molar-refractivity contribution in [1.29, 1.82) is 0 Å². The van der Waals surface area contributed by atoms with Crippen molar-refractivity contribution in [3.05, 3.63) is 28.8 Å². The Morgan fingerprint density at radius 2 is 2.20 bits per heavy atom. The fourth-order valence-corrected chi connectivity index (χ4v) is 2.37. The van der Waals surface area contributed by atoms with Crippen LogP contribution in [0, 0.1) is 5.92 Å². The normalized spacial score (nSPS) is 17.4. The maximum absolute atomic E-state index is 11.8. The number of hydrogen-bond acceptors (Lipinski definition) is 3. The van der Waals surface area contributed by atoms with Gasteiger partial charge in [-0.1, -0.05) is 11.6 Å². The molecule has 1 atom stereocenters. The lowest BCUT2D eigenvalue weighted by Gasteiger charge is -2.10. The minimum Gasteiger partial charge on any atom is -0.366 e. The first kappa shape index (κ1) is 16.8. The third-order valence-corrected chi connectivity index (χ3v) is 3.48. The molecule has 20 heavy (non-hydrogen) atoms. The molecule has 1 aliphatic rings. The smallest absolute Gasteiger partial charge is 0.250 e. The Kier molecular flexibility index (Phi) is 6.26. The minimum absolute atomic E-state index is 0. The summed E-state index contributed by atoms with van der Waals surface area (Å²) in [4.78, 5) is 23.0. The molecule has 2 rings (SSSR count). The number of carbonyl (C=O) groups is 2. The van der Waals surface area contributed by atoms with E-state index in [-0.39, 0.29) is 28.9 Å². The number of benzene rings is 1. The van der Waals surface area contributed by atoms with E-state index in [9.17, 15) is 9.59 Å². The summed E-state index contributed by atoms with van der Waals surface area (Å²) in [6, 6.07) is 4.70. The number of carbonyl (C=O) groups excluding carboxylic acids is 2. The Balaban J connectivity index is 0.00000200. The Bertz CT molecular complexity index is 502. The Hall–Kier alpha value is -1.30. The van der Waals surface area contributed by atoms with E-state index >= 15 is 0 Å². The number of anilines is 1. The molecule has 7 heteroatoms. The van der Waals surface area contributed by atoms with Crippen LogP contribution in [0.25, 0.3) is 0 Å². The summed E-state index contributed by atoms with van der Waals surface area (Å²) in [5.41, 5.74) is 5.95. The van der Waals surface area contributed by atoms with Crippen molar-refractivity contribution in [2.45, 2.75) is 12.8 Å². The van der Waals surface area contributed by atoms with Crippen molar-refractivity contribution >= 4 is 41.5 Å². The molecule has 0 aromatic heterocycles. The van der Waals surface area contributed by atoms with E-state index < -0.39 is 5.91 Å². The van der Waals surface area contributed by atoms with Gasteiger partial charge in [-0.15, -0.1) is 12.4 Å². The van der Waals surface area contributed by atoms with Crippen molar-refractivity contribution in [2.24, 2.45) is 11.7 Å². The zero-order valence-electron chi connectivity index (χ0n) is 10.8. The topological polar surface area (TPSA) is 84.2 Å². The number of rotatable bonds is 4. The molecule has 5 nitrogen and oxygen atoms in total. The molecule has 4 N–H and O–H groups in total. The monoisotopic (exact) mass is 317 g/mol. The number of nitrogens with one attached hydrogen (secondary N) is 2. The number of hydrogen-bond donors (Lipinski definition) is 3. The molecule has 0 saturated carbocycles. The number of primary amides is 1. The highest BCUT2D eigenvalue weighted by molar-refractivity contribution is 6.33. The molecule has 0 radical (unpaired) electrons. The third kappa shape index (κ3) is 4.37. The number of amides is 2. The molecule has 1 saturated heterocycles. The average molecular weight is 318 g/mol. The second kappa shape index (κ2) is 7.47. The molecule has 0 bridgehead atoms. The van der Waals surface area contributed by atoms with Gasteiger partial charge >= 0.3 is 0 Å². The van der Waals surface area contributed by atoms with Crippen molar-refractivity contribution in [1.82, 2.24) is 5.32 Å². The molecule has 2 amide bonds. The molecule has 110 valence electrons. The summed E-state index contributed by atoms with van der Waals surface area (Å²) in [5.74, 6) is -0.296. The fraction of sp³-hybridized carbons (Fsp3) is 0.385. The minimum atomic E-state index is -0.610. The molecule has 1 aliphatic heterocycles. The summed E-state index contributed by atoms with van der Waals surface area (Å²) in [7, 11) is 0. The Labute approximate surface area is 128 Å². The Morgan fingerprint density at radius 1 is 1.45 bits per heavy atom. The lowest BCUT2D eigenvalue weighted by molar-refractivity contribution is -0.116. The van der Waals surface area contributed by atoms with E-state index in [1.54, 1.807) is 12.1 Å². The molecular formula is C13H17Cl2N3O2. The van der Waals surface area contributed by atoms with Gasteiger partial charge in [0.15, 0.2) is 0 Å². The lowest BCUT2D eigenvalue weighted by Crippen LogP contribution is -2.19. The van der Waals surface area contributed by atoms with Gasteiger partial charge in [0.05, 0.1) is 10.6 Å². The van der Waals surface area contributed by atoms with E-state index in [0.29, 0.717) is 18.0 Å². The van der Waals surface area contributed by atoms with Crippen LogP contribution in [-0.4, -0.2) is 24.9 Å². The maximum Gasteiger partial charge on any atom is 0.250 e. The van der Waals surface area contributed by atoms with Crippen LogP contribution in [0.3, 0.4) is 0 Å². The van der Waals surface area contributed by atoms with Crippen LogP contribution in [-0.2, 0) is 4.79 Å². The first-order valence-corrected chi connectivity index (χ1v) is 6.54. The first-order valence-electron chi connectivity index (χ1n) is 6.16. The van der Waals surface area contributed by atoms with Gasteiger partial charge in [-0.2, -0.15) is 0 Å². The van der Waals surface area contributed by atoms with E-state index in [4.69, 9.17) is 17.3 Å². The van der Waals surface area contributed by atoms with Crippen LogP contribution >= 0.6 is 24.0 Å². The van der Waals surface area contributed by atoms with Crippen LogP contribution in [0.5, 0.6) is 0 Å². The summed E-state index contributed by atoms with van der Waals surface area (Å²) in [6.07, 6.45) is 1.49. The van der Waals surface area contributed by atoms with Gasteiger partial charge in [-0.25, -0.2) is 0 Å². The van der Waals surface area contributed by atoms with Crippen LogP contribution in [0.1, 0.15) is 23.2 Å². The van der Waals surface area contributed by atoms with E-state index in [1.807, 2.05) is 0 Å². The number of halogens is 2. The van der Waals surface area contributed by atoms with Gasteiger partial charge < -0.3 is 16.4 Å². The SMILES string of the molecule is Cl.NC(=O)c1cc(NC(=O)CC2CCNC2)ccc1Cl. The molecule has 1 fully saturated rings. The predicted molar refractivity (Wildman–Crippen MR) is 81.4 cm³/mol. The van der Waals surface area contributed by atoms with Gasteiger partial charge in [0, 0.05) is 12.1 Å². The highest BCUT2D eigenvalue weighted by Gasteiger charge is 2.18. The second-order valence-electron chi connectivity index (χ2n) is 4.67. The fourth-order valence-electron chi connectivity index (χ4n) is 2.15. The summed E-state index contributed by atoms with van der Waals surface area (Å²) >= 11 is 5.84. The van der Waals surface area contributed by atoms with E-state index in [1.165, 1.54) is 6.07 Å². The van der Waals surface area contributed by atoms with Gasteiger partial charge in [-0.3, -0.25) is 9.59 Å². The van der Waals surface area contributed by atoms with Gasteiger partial charge in [0.1, 0.15) is 0 Å². The molecule has 1 unspecified atom stereocenters. The molecule has 1 aromatic carbocycles. The molecule has 0 aliphatic carbocycles. The van der Waals surface area contributed by atoms with Gasteiger partial charge in [0.25, 0.3) is 0 Å². The predicted octanol–water partition coefficient (Wildman–Crippen LogP) is 1.80. The first-order chi connectivity index (χ1) is 9.06. The van der Waals surface area contributed by atoms with Gasteiger partial charge in [0.2, 0.25) is 11.8 Å². The quantitative estimate of drug-likeness (QED) is 0.791. The number of nitrogens with two attached hydrogens (primary N) is 1. The Morgan fingerprint density at radius 3 is 2.80 bits per heavy atom. The van der Waals surface area contributed by atoms with Gasteiger partial charge in [-0.05, 0) is 43.6 Å². The van der Waals surface area contributed by atoms with Crippen molar-refractivity contribution in [3.63, 3.8) is 0 Å². The molecule has 1 aromatic rings. The largest absolute Gasteiger partial charge is 0.366 e.